The van der Waals surface area contributed by atoms with E-state index in [2.05, 4.69) is 10.6 Å². The fourth-order valence-electron chi connectivity index (χ4n) is 5.13. The Morgan fingerprint density at radius 3 is 2.27 bits per heavy atom. The van der Waals surface area contributed by atoms with Gasteiger partial charge in [0.15, 0.2) is 0 Å². The van der Waals surface area contributed by atoms with Crippen LogP contribution < -0.4 is 10.6 Å². The number of aliphatic hydroxyl groups excluding tert-OH is 1. The average molecular weight is 595 g/mol. The number of rotatable bonds is 12. The Morgan fingerprint density at radius 1 is 1.07 bits per heavy atom. The number of hydrogen-bond acceptors (Lipinski definition) is 6. The van der Waals surface area contributed by atoms with Crippen LogP contribution in [0.15, 0.2) is 36.4 Å². The molecule has 0 radical (unpaired) electrons. The highest BCUT2D eigenvalue weighted by Crippen LogP contribution is 2.18. The van der Waals surface area contributed by atoms with Gasteiger partial charge in [0, 0.05) is 56.0 Å². The van der Waals surface area contributed by atoms with Crippen molar-refractivity contribution in [1.29, 1.82) is 0 Å². The molecule has 1 saturated heterocycles. The fraction of sp³-hybridized carbons (Fsp3) is 0.517. The number of hydrogen-bond donors (Lipinski definition) is 3. The van der Waals surface area contributed by atoms with Gasteiger partial charge in [-0.05, 0) is 67.6 Å². The maximum Gasteiger partial charge on any atom is 0.253 e. The normalized spacial score (nSPS) is 17.6. The maximum atomic E-state index is 14.0. The van der Waals surface area contributed by atoms with Crippen LogP contribution in [0.2, 0.25) is 0 Å². The molecular formula is C29H40F2N4O5S. The molecule has 0 unspecified atom stereocenters. The molecule has 3 rings (SSSR count). The maximum absolute atomic E-state index is 14.0. The Kier molecular flexibility index (Phi) is 11.4. The molecule has 1 heterocycles. The van der Waals surface area contributed by atoms with E-state index in [0.29, 0.717) is 24.2 Å². The van der Waals surface area contributed by atoms with Crippen LogP contribution in [0, 0.1) is 18.6 Å². The van der Waals surface area contributed by atoms with Gasteiger partial charge in [-0.1, -0.05) is 13.8 Å². The number of aliphatic hydroxyl groups is 1. The second kappa shape index (κ2) is 14.3. The quantitative estimate of drug-likeness (QED) is 0.348. The smallest absolute Gasteiger partial charge is 0.253 e. The third-order valence-electron chi connectivity index (χ3n) is 7.02. The Morgan fingerprint density at radius 2 is 1.68 bits per heavy atom. The number of amides is 2. The molecular weight excluding hydrogens is 554 g/mol. The van der Waals surface area contributed by atoms with Gasteiger partial charge in [-0.15, -0.1) is 0 Å². The topological polar surface area (TPSA) is 119 Å². The number of carbonyl (C=O) groups is 2. The zero-order chi connectivity index (χ0) is 30.3. The van der Waals surface area contributed by atoms with E-state index in [0.717, 1.165) is 37.3 Å². The lowest BCUT2D eigenvalue weighted by atomic mass is 9.94. The Labute approximate surface area is 241 Å². The van der Waals surface area contributed by atoms with Gasteiger partial charge in [0.05, 0.1) is 18.4 Å². The van der Waals surface area contributed by atoms with Crippen LogP contribution in [0.25, 0.3) is 0 Å². The van der Waals surface area contributed by atoms with E-state index in [9.17, 15) is 31.9 Å². The van der Waals surface area contributed by atoms with Crippen molar-refractivity contribution in [1.82, 2.24) is 19.8 Å². The Bertz CT molecular complexity index is 1310. The number of aryl methyl sites for hydroxylation is 1. The highest BCUT2D eigenvalue weighted by molar-refractivity contribution is 7.88. The van der Waals surface area contributed by atoms with Gasteiger partial charge in [-0.25, -0.2) is 17.2 Å². The number of piperazine rings is 1. The summed E-state index contributed by atoms with van der Waals surface area (Å²) in [6.07, 6.45) is 1.21. The first kappa shape index (κ1) is 32.6. The summed E-state index contributed by atoms with van der Waals surface area (Å²) < 4.78 is 53.4. The first-order valence-electron chi connectivity index (χ1n) is 13.9. The van der Waals surface area contributed by atoms with E-state index in [-0.39, 0.29) is 43.1 Å². The lowest BCUT2D eigenvalue weighted by Crippen LogP contribution is -2.61. The van der Waals surface area contributed by atoms with Gasteiger partial charge in [-0.2, -0.15) is 4.31 Å². The Balaban J connectivity index is 1.91. The summed E-state index contributed by atoms with van der Waals surface area (Å²) in [5, 5.41) is 17.2. The molecule has 0 bridgehead atoms. The van der Waals surface area contributed by atoms with Gasteiger partial charge < -0.3 is 20.6 Å². The van der Waals surface area contributed by atoms with Crippen LogP contribution in [-0.2, 0) is 16.4 Å². The molecule has 2 amide bonds. The van der Waals surface area contributed by atoms with Crippen molar-refractivity contribution < 1.29 is 31.9 Å². The highest BCUT2D eigenvalue weighted by atomic mass is 32.2. The van der Waals surface area contributed by atoms with E-state index in [1.807, 2.05) is 13.8 Å². The second-order valence-corrected chi connectivity index (χ2v) is 12.6. The fourth-order valence-corrected chi connectivity index (χ4v) is 5.98. The van der Waals surface area contributed by atoms with Crippen LogP contribution in [0.1, 0.15) is 58.5 Å². The largest absolute Gasteiger partial charge is 0.389 e. The summed E-state index contributed by atoms with van der Waals surface area (Å²) >= 11 is 0. The molecule has 1 fully saturated rings. The number of halogens is 2. The number of nitrogens with zero attached hydrogens (tertiary/aromatic N) is 2. The molecule has 9 nitrogen and oxygen atoms in total. The molecule has 2 aromatic rings. The minimum atomic E-state index is -3.53. The van der Waals surface area contributed by atoms with Crippen LogP contribution >= 0.6 is 0 Å². The highest BCUT2D eigenvalue weighted by Gasteiger charge is 2.35. The molecule has 0 aliphatic carbocycles. The van der Waals surface area contributed by atoms with Crippen molar-refractivity contribution in [2.45, 2.75) is 58.2 Å². The average Bonchev–Trinajstić information content (AvgIpc) is 2.90. The van der Waals surface area contributed by atoms with Crippen LogP contribution in [0.5, 0.6) is 0 Å². The summed E-state index contributed by atoms with van der Waals surface area (Å²) in [7, 11) is -3.53. The standard InChI is InChI=1S/C29H40F2N4O5S/c1-5-8-34(9-6-2)29(38)22-12-19(3)11-21(16-22)28(37)33-25(15-20-13-23(30)17-24(31)14-20)27(36)26-18-35(10-7-32-26)41(4,39)40/h11-14,16-17,25-27,32,36H,5-10,15,18H2,1-4H3,(H,33,37)/t25-,26+,27-/m0/s1. The molecule has 226 valence electrons. The minimum Gasteiger partial charge on any atom is -0.389 e. The lowest BCUT2D eigenvalue weighted by molar-refractivity contribution is 0.0601. The molecule has 0 saturated carbocycles. The van der Waals surface area contributed by atoms with Gasteiger partial charge in [0.25, 0.3) is 11.8 Å². The van der Waals surface area contributed by atoms with Gasteiger partial charge in [0.1, 0.15) is 11.6 Å². The molecule has 3 N–H and O–H groups in total. The zero-order valence-electron chi connectivity index (χ0n) is 24.0. The van der Waals surface area contributed by atoms with E-state index in [1.54, 1.807) is 24.0 Å². The summed E-state index contributed by atoms with van der Waals surface area (Å²) in [6, 6.07) is 5.99. The van der Waals surface area contributed by atoms with E-state index in [1.165, 1.54) is 10.4 Å². The first-order valence-corrected chi connectivity index (χ1v) is 15.7. The molecule has 12 heteroatoms. The summed E-state index contributed by atoms with van der Waals surface area (Å²) in [5.74, 6) is -2.38. The zero-order valence-corrected chi connectivity index (χ0v) is 24.8. The van der Waals surface area contributed by atoms with Crippen LogP contribution in [0.4, 0.5) is 8.78 Å². The predicted octanol–water partition coefficient (Wildman–Crippen LogP) is 2.47. The van der Waals surface area contributed by atoms with Gasteiger partial charge >= 0.3 is 0 Å². The van der Waals surface area contributed by atoms with E-state index < -0.39 is 45.8 Å². The van der Waals surface area contributed by atoms with Crippen LogP contribution in [-0.4, -0.2) is 91.7 Å². The molecule has 1 aliphatic rings. The number of carbonyl (C=O) groups excluding carboxylic acids is 2. The van der Waals surface area contributed by atoms with Crippen molar-refractivity contribution in [2.24, 2.45) is 0 Å². The molecule has 3 atom stereocenters. The van der Waals surface area contributed by atoms with Crippen molar-refractivity contribution in [3.8, 4) is 0 Å². The minimum absolute atomic E-state index is 0.0440. The van der Waals surface area contributed by atoms with E-state index in [4.69, 9.17) is 0 Å². The SMILES string of the molecule is CCCN(CCC)C(=O)c1cc(C)cc(C(=O)N[C@@H](Cc2cc(F)cc(F)c2)[C@H](O)[C@H]2CN(S(C)(=O)=O)CCN2)c1. The molecule has 0 aromatic heterocycles. The number of nitrogens with one attached hydrogen (secondary N) is 2. The molecule has 0 spiro atoms. The van der Waals surface area contributed by atoms with Crippen molar-refractivity contribution >= 4 is 21.8 Å². The van der Waals surface area contributed by atoms with Crippen LogP contribution in [0.3, 0.4) is 0 Å². The first-order chi connectivity index (χ1) is 19.3. The van der Waals surface area contributed by atoms with Crippen molar-refractivity contribution in [3.05, 3.63) is 70.3 Å². The third-order valence-corrected chi connectivity index (χ3v) is 8.29. The summed E-state index contributed by atoms with van der Waals surface area (Å²) in [5.41, 5.74) is 1.45. The monoisotopic (exact) mass is 594 g/mol. The molecule has 41 heavy (non-hydrogen) atoms. The van der Waals surface area contributed by atoms with Crippen molar-refractivity contribution in [3.63, 3.8) is 0 Å². The number of sulfonamides is 1. The third kappa shape index (κ3) is 9.03. The summed E-state index contributed by atoms with van der Waals surface area (Å²) in [6.45, 7) is 7.36. The lowest BCUT2D eigenvalue weighted by Gasteiger charge is -2.37. The Hall–Kier alpha value is -2.93. The van der Waals surface area contributed by atoms with Crippen molar-refractivity contribution in [2.75, 3.05) is 39.0 Å². The summed E-state index contributed by atoms with van der Waals surface area (Å²) in [4.78, 5) is 28.5. The number of benzene rings is 2. The van der Waals surface area contributed by atoms with Gasteiger partial charge in [-0.3, -0.25) is 9.59 Å². The van der Waals surface area contributed by atoms with E-state index >= 15 is 0 Å². The van der Waals surface area contributed by atoms with Gasteiger partial charge in [0.2, 0.25) is 10.0 Å². The predicted molar refractivity (Wildman–Crippen MR) is 153 cm³/mol. The molecule has 2 aromatic carbocycles. The second-order valence-electron chi connectivity index (χ2n) is 10.6. The molecule has 1 aliphatic heterocycles.